The number of fused-ring (bicyclic) bond motifs is 1. The predicted molar refractivity (Wildman–Crippen MR) is 168 cm³/mol. The van der Waals surface area contributed by atoms with Gasteiger partial charge in [0.05, 0.1) is 36.2 Å². The van der Waals surface area contributed by atoms with Crippen LogP contribution in [0.2, 0.25) is 5.02 Å². The number of hydrogen-bond donors (Lipinski definition) is 2. The topological polar surface area (TPSA) is 122 Å². The van der Waals surface area contributed by atoms with Crippen molar-refractivity contribution in [2.45, 2.75) is 30.0 Å². The van der Waals surface area contributed by atoms with Crippen molar-refractivity contribution >= 4 is 39.2 Å². The fraction of sp³-hybridized carbons (Fsp3) is 0.212. The molecule has 1 amide bonds. The molecule has 0 aromatic heterocycles. The first kappa shape index (κ1) is 33.6. The Morgan fingerprint density at radius 3 is 2.40 bits per heavy atom. The van der Waals surface area contributed by atoms with E-state index >= 15 is 0 Å². The lowest BCUT2D eigenvalue weighted by atomic mass is 10.0. The molecule has 1 aliphatic heterocycles. The van der Waals surface area contributed by atoms with Crippen LogP contribution in [0.4, 0.5) is 18.9 Å². The van der Waals surface area contributed by atoms with Crippen molar-refractivity contribution in [3.8, 4) is 22.6 Å². The van der Waals surface area contributed by atoms with Gasteiger partial charge in [-0.3, -0.25) is 13.9 Å². The molecule has 0 saturated heterocycles. The number of anilines is 1. The minimum Gasteiger partial charge on any atom is -0.493 e. The number of benzene rings is 4. The molecule has 1 heterocycles. The average Bonchev–Trinajstić information content (AvgIpc) is 3.44. The molecule has 0 spiro atoms. The fourth-order valence-electron chi connectivity index (χ4n) is 5.27. The van der Waals surface area contributed by atoms with Gasteiger partial charge in [0.1, 0.15) is 12.6 Å². The van der Waals surface area contributed by atoms with Crippen molar-refractivity contribution in [2.75, 3.05) is 24.6 Å². The van der Waals surface area contributed by atoms with E-state index in [0.29, 0.717) is 28.3 Å². The lowest BCUT2D eigenvalue weighted by Crippen LogP contribution is -2.48. The SMILES string of the molecule is COc1cc(CC(=O)O)ccc1OCCNC(=O)[C@@H]1Cc2ccccc2N1S(=O)(=O)c1ccc(-c2cc(C(F)(F)F)ccc2Cl)cc1. The highest BCUT2D eigenvalue weighted by atomic mass is 35.5. The van der Waals surface area contributed by atoms with E-state index in [9.17, 15) is 31.2 Å². The number of aliphatic carboxylic acids is 1. The van der Waals surface area contributed by atoms with E-state index in [1.807, 2.05) is 0 Å². The van der Waals surface area contributed by atoms with E-state index in [1.165, 1.54) is 31.4 Å². The summed E-state index contributed by atoms with van der Waals surface area (Å²) in [6.45, 7) is 0.0262. The van der Waals surface area contributed by atoms with Crippen molar-refractivity contribution in [2.24, 2.45) is 0 Å². The van der Waals surface area contributed by atoms with Crippen molar-refractivity contribution in [3.63, 3.8) is 0 Å². The van der Waals surface area contributed by atoms with Gasteiger partial charge in [-0.05, 0) is 65.2 Å². The lowest BCUT2D eigenvalue weighted by molar-refractivity contribution is -0.138. The highest BCUT2D eigenvalue weighted by molar-refractivity contribution is 7.93. The number of methoxy groups -OCH3 is 1. The molecule has 1 aliphatic rings. The van der Waals surface area contributed by atoms with Gasteiger partial charge < -0.3 is 19.9 Å². The van der Waals surface area contributed by atoms with Crippen LogP contribution in [-0.4, -0.2) is 51.7 Å². The molecule has 9 nitrogen and oxygen atoms in total. The maximum atomic E-state index is 14.0. The van der Waals surface area contributed by atoms with E-state index in [1.54, 1.807) is 42.5 Å². The number of carboxylic acids is 1. The molecule has 0 fully saturated rings. The second kappa shape index (κ2) is 13.5. The summed E-state index contributed by atoms with van der Waals surface area (Å²) in [5.41, 5.74) is 0.973. The van der Waals surface area contributed by atoms with Crippen LogP contribution >= 0.6 is 11.6 Å². The van der Waals surface area contributed by atoms with E-state index < -0.39 is 39.7 Å². The Labute approximate surface area is 273 Å². The molecule has 0 unspecified atom stereocenters. The number of carboxylic acid groups (broad SMARTS) is 1. The zero-order chi connectivity index (χ0) is 33.9. The summed E-state index contributed by atoms with van der Waals surface area (Å²) in [6, 6.07) is 18.4. The minimum atomic E-state index is -4.59. The average molecular weight is 689 g/mol. The van der Waals surface area contributed by atoms with Crippen LogP contribution in [0.5, 0.6) is 11.5 Å². The summed E-state index contributed by atoms with van der Waals surface area (Å²) in [6.07, 6.45) is -4.67. The molecular formula is C33H28ClF3N2O7S. The summed E-state index contributed by atoms with van der Waals surface area (Å²) < 4.78 is 79.9. The highest BCUT2D eigenvalue weighted by Crippen LogP contribution is 2.39. The summed E-state index contributed by atoms with van der Waals surface area (Å²) in [5, 5.41) is 11.8. The molecule has 0 bridgehead atoms. The van der Waals surface area contributed by atoms with Crippen LogP contribution in [0, 0.1) is 0 Å². The molecule has 4 aromatic rings. The van der Waals surface area contributed by atoms with Gasteiger partial charge in [-0.2, -0.15) is 13.2 Å². The second-order valence-electron chi connectivity index (χ2n) is 10.6. The van der Waals surface area contributed by atoms with Crippen molar-refractivity contribution in [3.05, 3.63) is 107 Å². The first-order chi connectivity index (χ1) is 22.3. The van der Waals surface area contributed by atoms with Crippen LogP contribution in [0.15, 0.2) is 89.8 Å². The van der Waals surface area contributed by atoms with Crippen LogP contribution in [0.25, 0.3) is 11.1 Å². The van der Waals surface area contributed by atoms with Gasteiger partial charge in [-0.1, -0.05) is 48.0 Å². The third-order valence-electron chi connectivity index (χ3n) is 7.49. The van der Waals surface area contributed by atoms with Crippen molar-refractivity contribution < 1.29 is 45.8 Å². The number of alkyl halides is 3. The number of ether oxygens (including phenoxy) is 2. The molecule has 1 atom stereocenters. The van der Waals surface area contributed by atoms with Crippen molar-refractivity contribution in [1.82, 2.24) is 5.32 Å². The number of carbonyl (C=O) groups excluding carboxylic acids is 1. The van der Waals surface area contributed by atoms with E-state index in [-0.39, 0.29) is 47.0 Å². The van der Waals surface area contributed by atoms with Gasteiger partial charge in [0.2, 0.25) is 5.91 Å². The Balaban J connectivity index is 1.32. The zero-order valence-corrected chi connectivity index (χ0v) is 26.3. The lowest BCUT2D eigenvalue weighted by Gasteiger charge is -2.26. The van der Waals surface area contributed by atoms with Crippen molar-refractivity contribution in [1.29, 1.82) is 0 Å². The highest BCUT2D eigenvalue weighted by Gasteiger charge is 2.42. The maximum Gasteiger partial charge on any atom is 0.416 e. The second-order valence-corrected chi connectivity index (χ2v) is 12.8. The molecule has 2 N–H and O–H groups in total. The number of carbonyl (C=O) groups is 2. The molecule has 14 heteroatoms. The number of halogens is 4. The number of rotatable bonds is 11. The zero-order valence-electron chi connectivity index (χ0n) is 24.8. The summed E-state index contributed by atoms with van der Waals surface area (Å²) >= 11 is 6.18. The Morgan fingerprint density at radius 2 is 1.72 bits per heavy atom. The molecule has 47 heavy (non-hydrogen) atoms. The van der Waals surface area contributed by atoms with Crippen LogP contribution in [0.1, 0.15) is 16.7 Å². The predicted octanol–water partition coefficient (Wildman–Crippen LogP) is 5.98. The Bertz CT molecular complexity index is 1920. The van der Waals surface area contributed by atoms with Gasteiger partial charge in [-0.25, -0.2) is 8.42 Å². The third-order valence-corrected chi connectivity index (χ3v) is 9.65. The molecule has 246 valence electrons. The number of sulfonamides is 1. The minimum absolute atomic E-state index is 0.00631. The summed E-state index contributed by atoms with van der Waals surface area (Å²) in [5.74, 6) is -0.904. The van der Waals surface area contributed by atoms with Crippen LogP contribution < -0.4 is 19.1 Å². The molecular weight excluding hydrogens is 661 g/mol. The molecule has 0 aliphatic carbocycles. The maximum absolute atomic E-state index is 14.0. The molecule has 4 aromatic carbocycles. The Morgan fingerprint density at radius 1 is 1.00 bits per heavy atom. The normalized spacial score (nSPS) is 14.4. The summed E-state index contributed by atoms with van der Waals surface area (Å²) in [4.78, 5) is 24.2. The first-order valence-electron chi connectivity index (χ1n) is 14.2. The Kier molecular flexibility index (Phi) is 9.68. The van der Waals surface area contributed by atoms with Gasteiger partial charge in [0.15, 0.2) is 11.5 Å². The molecule has 0 radical (unpaired) electrons. The van der Waals surface area contributed by atoms with Gasteiger partial charge in [0, 0.05) is 17.0 Å². The van der Waals surface area contributed by atoms with Gasteiger partial charge in [-0.15, -0.1) is 0 Å². The van der Waals surface area contributed by atoms with E-state index in [0.717, 1.165) is 22.5 Å². The van der Waals surface area contributed by atoms with Gasteiger partial charge in [0.25, 0.3) is 10.0 Å². The number of nitrogens with one attached hydrogen (secondary N) is 1. The smallest absolute Gasteiger partial charge is 0.416 e. The number of para-hydroxylation sites is 1. The van der Waals surface area contributed by atoms with Crippen LogP contribution in [0.3, 0.4) is 0 Å². The molecule has 0 saturated carbocycles. The van der Waals surface area contributed by atoms with Crippen LogP contribution in [-0.2, 0) is 38.6 Å². The van der Waals surface area contributed by atoms with E-state index in [2.05, 4.69) is 5.32 Å². The standard InChI is InChI=1S/C33H28ClF3N2O7S/c1-45-30-16-20(17-31(40)41)6-13-29(30)46-15-14-38-32(42)28-18-22-4-2-3-5-27(22)39(28)47(43,44)24-10-7-21(8-11-24)25-19-23(33(35,36)37)9-12-26(25)34/h2-13,16,19,28H,14-15,17-18H2,1H3,(H,38,42)(H,40,41)/t28-/m0/s1. The Hall–Kier alpha value is -4.75. The quantitative estimate of drug-likeness (QED) is 0.186. The third kappa shape index (κ3) is 7.31. The first-order valence-corrected chi connectivity index (χ1v) is 16.0. The monoisotopic (exact) mass is 688 g/mol. The fourth-order valence-corrected chi connectivity index (χ4v) is 7.14. The van der Waals surface area contributed by atoms with Gasteiger partial charge >= 0.3 is 12.1 Å². The number of amides is 1. The largest absolute Gasteiger partial charge is 0.493 e. The summed E-state index contributed by atoms with van der Waals surface area (Å²) in [7, 11) is -2.90. The molecule has 5 rings (SSSR count). The number of hydrogen-bond acceptors (Lipinski definition) is 6. The van der Waals surface area contributed by atoms with E-state index in [4.69, 9.17) is 26.2 Å². The number of nitrogens with zero attached hydrogens (tertiary/aromatic N) is 1.